The lowest BCUT2D eigenvalue weighted by Crippen LogP contribution is -2.54. The maximum Gasteiger partial charge on any atom is 0.264 e. The van der Waals surface area contributed by atoms with Crippen molar-refractivity contribution in [1.29, 1.82) is 0 Å². The lowest BCUT2D eigenvalue weighted by Gasteiger charge is -2.34. The number of hydrogen-bond donors (Lipinski definition) is 1. The van der Waals surface area contributed by atoms with Crippen LogP contribution in [0.25, 0.3) is 0 Å². The van der Waals surface area contributed by atoms with Crippen molar-refractivity contribution in [1.82, 2.24) is 10.2 Å². The van der Waals surface area contributed by atoms with Crippen LogP contribution in [0.5, 0.6) is 0 Å². The van der Waals surface area contributed by atoms with Crippen LogP contribution in [0.1, 0.15) is 36.1 Å². The molecule has 0 saturated heterocycles. The molecule has 1 N–H and O–H groups in total. The second-order valence-electron chi connectivity index (χ2n) is 11.0. The molecule has 2 amide bonds. The summed E-state index contributed by atoms with van der Waals surface area (Å²) in [4.78, 5) is 29.7. The number of nitrogens with zero attached hydrogens (tertiary/aromatic N) is 2. The minimum absolute atomic E-state index is 0.0837. The van der Waals surface area contributed by atoms with E-state index >= 15 is 0 Å². The molecule has 0 unspecified atom stereocenters. The summed E-state index contributed by atoms with van der Waals surface area (Å²) in [5.41, 5.74) is 3.87. The first-order chi connectivity index (χ1) is 20.5. The van der Waals surface area contributed by atoms with Crippen molar-refractivity contribution in [3.8, 4) is 0 Å². The number of amides is 2. The number of anilines is 1. The fourth-order valence-electron chi connectivity index (χ4n) is 4.86. The molecule has 4 aromatic rings. The van der Waals surface area contributed by atoms with E-state index in [-0.39, 0.29) is 29.8 Å². The van der Waals surface area contributed by atoms with Gasteiger partial charge in [-0.25, -0.2) is 8.42 Å². The van der Waals surface area contributed by atoms with Gasteiger partial charge in [0.2, 0.25) is 11.8 Å². The Morgan fingerprint density at radius 2 is 1.35 bits per heavy atom. The molecule has 0 aliphatic heterocycles. The number of carbonyl (C=O) groups is 2. The van der Waals surface area contributed by atoms with Crippen molar-refractivity contribution >= 4 is 27.5 Å². The summed E-state index contributed by atoms with van der Waals surface area (Å²) < 4.78 is 29.3. The molecule has 1 atom stereocenters. The lowest BCUT2D eigenvalue weighted by molar-refractivity contribution is -0.140. The highest BCUT2D eigenvalue weighted by molar-refractivity contribution is 7.92. The number of rotatable bonds is 12. The monoisotopic (exact) mass is 597 g/mol. The predicted molar refractivity (Wildman–Crippen MR) is 171 cm³/mol. The van der Waals surface area contributed by atoms with Crippen molar-refractivity contribution in [2.24, 2.45) is 0 Å². The first kappa shape index (κ1) is 31.5. The van der Waals surface area contributed by atoms with Crippen LogP contribution >= 0.6 is 0 Å². The van der Waals surface area contributed by atoms with Gasteiger partial charge >= 0.3 is 0 Å². The zero-order valence-electron chi connectivity index (χ0n) is 25.1. The summed E-state index contributed by atoms with van der Waals surface area (Å²) in [5, 5.41) is 2.97. The molecule has 4 rings (SSSR count). The van der Waals surface area contributed by atoms with E-state index < -0.39 is 28.5 Å². The molecule has 224 valence electrons. The van der Waals surface area contributed by atoms with Crippen LogP contribution in [0, 0.1) is 13.8 Å². The van der Waals surface area contributed by atoms with Gasteiger partial charge in [0.25, 0.3) is 10.0 Å². The summed E-state index contributed by atoms with van der Waals surface area (Å²) in [7, 11) is -4.13. The number of sulfonamides is 1. The molecule has 0 bridgehead atoms. The zero-order chi connectivity index (χ0) is 31.0. The fourth-order valence-corrected chi connectivity index (χ4v) is 6.27. The molecule has 4 aromatic carbocycles. The highest BCUT2D eigenvalue weighted by atomic mass is 32.2. The van der Waals surface area contributed by atoms with E-state index in [1.54, 1.807) is 42.5 Å². The number of aryl methyl sites for hydroxylation is 2. The average molecular weight is 598 g/mol. The van der Waals surface area contributed by atoms with Crippen LogP contribution < -0.4 is 9.62 Å². The smallest absolute Gasteiger partial charge is 0.264 e. The Balaban J connectivity index is 1.79. The maximum absolute atomic E-state index is 14.4. The van der Waals surface area contributed by atoms with Gasteiger partial charge in [-0.3, -0.25) is 13.9 Å². The van der Waals surface area contributed by atoms with E-state index in [4.69, 9.17) is 0 Å². The van der Waals surface area contributed by atoms with Gasteiger partial charge in [0.05, 0.1) is 10.6 Å². The van der Waals surface area contributed by atoms with Crippen LogP contribution in [-0.4, -0.2) is 43.8 Å². The molecule has 43 heavy (non-hydrogen) atoms. The molecule has 8 heteroatoms. The SMILES string of the molecule is Cc1ccc(S(=O)(=O)N(CC(=O)N(Cc2ccccc2)[C@@H](Cc2ccccc2)C(=O)NC(C)C)c2cccc(C)c2)cc1. The van der Waals surface area contributed by atoms with Gasteiger partial charge in [-0.05, 0) is 68.7 Å². The molecule has 7 nitrogen and oxygen atoms in total. The van der Waals surface area contributed by atoms with Crippen LogP contribution in [0.2, 0.25) is 0 Å². The number of carbonyl (C=O) groups excluding carboxylic acids is 2. The van der Waals surface area contributed by atoms with Crippen molar-refractivity contribution in [3.05, 3.63) is 131 Å². The van der Waals surface area contributed by atoms with Crippen LogP contribution in [-0.2, 0) is 32.6 Å². The van der Waals surface area contributed by atoms with E-state index in [0.29, 0.717) is 5.69 Å². The van der Waals surface area contributed by atoms with Gasteiger partial charge in [0, 0.05) is 19.0 Å². The van der Waals surface area contributed by atoms with E-state index in [9.17, 15) is 18.0 Å². The minimum Gasteiger partial charge on any atom is -0.352 e. The van der Waals surface area contributed by atoms with E-state index in [0.717, 1.165) is 26.6 Å². The average Bonchev–Trinajstić information content (AvgIpc) is 2.98. The lowest BCUT2D eigenvalue weighted by atomic mass is 10.0. The highest BCUT2D eigenvalue weighted by Crippen LogP contribution is 2.26. The second kappa shape index (κ2) is 14.2. The van der Waals surface area contributed by atoms with Crippen molar-refractivity contribution in [2.45, 2.75) is 57.6 Å². The van der Waals surface area contributed by atoms with Gasteiger partial charge in [0.15, 0.2) is 0 Å². The summed E-state index contributed by atoms with van der Waals surface area (Å²) in [6.07, 6.45) is 0.271. The Hall–Kier alpha value is -4.43. The van der Waals surface area contributed by atoms with Crippen LogP contribution in [0.15, 0.2) is 114 Å². The largest absolute Gasteiger partial charge is 0.352 e. The molecule has 0 heterocycles. The fraction of sp³-hybridized carbons (Fsp3) is 0.257. The summed E-state index contributed by atoms with van der Waals surface area (Å²) in [5.74, 6) is -0.785. The van der Waals surface area contributed by atoms with Gasteiger partial charge in [-0.1, -0.05) is 90.5 Å². The Morgan fingerprint density at radius 3 is 1.93 bits per heavy atom. The van der Waals surface area contributed by atoms with Crippen molar-refractivity contribution in [3.63, 3.8) is 0 Å². The van der Waals surface area contributed by atoms with Crippen LogP contribution in [0.3, 0.4) is 0 Å². The quantitative estimate of drug-likeness (QED) is 0.228. The number of hydrogen-bond acceptors (Lipinski definition) is 4. The Kier molecular flexibility index (Phi) is 10.4. The molecule has 0 saturated carbocycles. The molecule has 0 aromatic heterocycles. The zero-order valence-corrected chi connectivity index (χ0v) is 25.9. The molecule has 0 fully saturated rings. The van der Waals surface area contributed by atoms with Crippen molar-refractivity contribution in [2.75, 3.05) is 10.8 Å². The second-order valence-corrected chi connectivity index (χ2v) is 12.9. The molecular weight excluding hydrogens is 558 g/mol. The van der Waals surface area contributed by atoms with Gasteiger partial charge in [-0.15, -0.1) is 0 Å². The maximum atomic E-state index is 14.4. The van der Waals surface area contributed by atoms with Gasteiger partial charge in [-0.2, -0.15) is 0 Å². The van der Waals surface area contributed by atoms with Crippen LogP contribution in [0.4, 0.5) is 5.69 Å². The Morgan fingerprint density at radius 1 is 0.744 bits per heavy atom. The standard InChI is InChI=1S/C35H39N3O4S/c1-26(2)36-35(40)33(23-29-13-7-5-8-14-29)37(24-30-15-9-6-10-16-30)34(39)25-38(31-17-11-12-28(4)22-31)43(41,42)32-20-18-27(3)19-21-32/h5-22,26,33H,23-25H2,1-4H3,(H,36,40)/t33-/m0/s1. The third-order valence-electron chi connectivity index (χ3n) is 7.08. The topological polar surface area (TPSA) is 86.8 Å². The van der Waals surface area contributed by atoms with Crippen molar-refractivity contribution < 1.29 is 18.0 Å². The van der Waals surface area contributed by atoms with E-state index in [1.807, 2.05) is 94.4 Å². The predicted octanol–water partition coefficient (Wildman–Crippen LogP) is 5.66. The first-order valence-corrected chi connectivity index (χ1v) is 15.8. The van der Waals surface area contributed by atoms with Gasteiger partial charge < -0.3 is 10.2 Å². The Labute approximate surface area is 255 Å². The Bertz CT molecular complexity index is 1620. The molecular formula is C35H39N3O4S. The highest BCUT2D eigenvalue weighted by Gasteiger charge is 2.34. The normalized spacial score (nSPS) is 12.0. The number of nitrogens with one attached hydrogen (secondary N) is 1. The molecule has 0 aliphatic rings. The first-order valence-electron chi connectivity index (χ1n) is 14.4. The molecule has 0 aliphatic carbocycles. The number of benzene rings is 4. The summed E-state index contributed by atoms with van der Waals surface area (Å²) >= 11 is 0. The third kappa shape index (κ3) is 8.32. The van der Waals surface area contributed by atoms with Gasteiger partial charge in [0.1, 0.15) is 12.6 Å². The van der Waals surface area contributed by atoms with E-state index in [2.05, 4.69) is 5.32 Å². The minimum atomic E-state index is -4.13. The molecule has 0 spiro atoms. The summed E-state index contributed by atoms with van der Waals surface area (Å²) in [6, 6.07) is 31.5. The van der Waals surface area contributed by atoms with E-state index in [1.165, 1.54) is 4.90 Å². The molecule has 0 radical (unpaired) electrons. The third-order valence-corrected chi connectivity index (χ3v) is 8.86. The summed E-state index contributed by atoms with van der Waals surface area (Å²) in [6.45, 7) is 7.15.